The zero-order valence-corrected chi connectivity index (χ0v) is 10.5. The lowest BCUT2D eigenvalue weighted by molar-refractivity contribution is -0.121. The van der Waals surface area contributed by atoms with E-state index in [0.717, 1.165) is 25.8 Å². The van der Waals surface area contributed by atoms with Gasteiger partial charge in [0.2, 0.25) is 0 Å². The first-order valence-corrected chi connectivity index (χ1v) is 6.59. The van der Waals surface area contributed by atoms with Crippen LogP contribution in [0.25, 0.3) is 0 Å². The van der Waals surface area contributed by atoms with Crippen LogP contribution in [0.15, 0.2) is 30.3 Å². The zero-order valence-electron chi connectivity index (χ0n) is 10.5. The van der Waals surface area contributed by atoms with Crippen molar-refractivity contribution in [2.75, 3.05) is 6.54 Å². The summed E-state index contributed by atoms with van der Waals surface area (Å²) in [6.07, 6.45) is 4.44. The Bertz CT molecular complexity index is 362. The molecule has 2 heteroatoms. The molecule has 1 fully saturated rings. The predicted molar refractivity (Wildman–Crippen MR) is 69.9 cm³/mol. The maximum Gasteiger partial charge on any atom is 0.133 e. The fourth-order valence-corrected chi connectivity index (χ4v) is 2.64. The summed E-state index contributed by atoms with van der Waals surface area (Å²) in [5.41, 5.74) is 1.37. The normalized spacial score (nSPS) is 19.2. The molecule has 1 aromatic carbocycles. The number of Topliss-reactive ketones (excluding diaryl/α,β-unsaturated/α-hetero) is 1. The van der Waals surface area contributed by atoms with Crippen molar-refractivity contribution in [2.24, 2.45) is 0 Å². The smallest absolute Gasteiger partial charge is 0.133 e. The van der Waals surface area contributed by atoms with Gasteiger partial charge in [-0.05, 0) is 31.4 Å². The van der Waals surface area contributed by atoms with Crippen LogP contribution in [0.3, 0.4) is 0 Å². The predicted octanol–water partition coefficient (Wildman–Crippen LogP) is 3.02. The fraction of sp³-hybridized carbons (Fsp3) is 0.533. The second kappa shape index (κ2) is 5.46. The Morgan fingerprint density at radius 1 is 1.18 bits per heavy atom. The molecule has 92 valence electrons. The Morgan fingerprint density at radius 3 is 2.41 bits per heavy atom. The molecule has 1 aliphatic rings. The van der Waals surface area contributed by atoms with E-state index in [9.17, 15) is 4.79 Å². The van der Waals surface area contributed by atoms with Crippen molar-refractivity contribution < 1.29 is 4.79 Å². The van der Waals surface area contributed by atoms with Crippen molar-refractivity contribution in [3.8, 4) is 0 Å². The van der Waals surface area contributed by atoms with E-state index in [1.807, 2.05) is 6.07 Å². The molecule has 2 nitrogen and oxygen atoms in total. The summed E-state index contributed by atoms with van der Waals surface area (Å²) in [4.78, 5) is 11.4. The standard InChI is InChI=1S/C15H21NO/c1-2-12-16-15(10-8-14(17)9-11-15)13-6-4-3-5-7-13/h3-7,16H,2,8-12H2,1H3. The quantitative estimate of drug-likeness (QED) is 0.863. The second-order valence-electron chi connectivity index (χ2n) is 4.91. The second-order valence-corrected chi connectivity index (χ2v) is 4.91. The first-order chi connectivity index (χ1) is 8.27. The molecule has 1 saturated carbocycles. The van der Waals surface area contributed by atoms with E-state index >= 15 is 0 Å². The van der Waals surface area contributed by atoms with E-state index in [1.165, 1.54) is 5.56 Å². The molecule has 1 aliphatic carbocycles. The lowest BCUT2D eigenvalue weighted by Gasteiger charge is -2.38. The van der Waals surface area contributed by atoms with Crippen molar-refractivity contribution in [2.45, 2.75) is 44.6 Å². The van der Waals surface area contributed by atoms with Gasteiger partial charge in [-0.2, -0.15) is 0 Å². The van der Waals surface area contributed by atoms with E-state index < -0.39 is 0 Å². The molecule has 1 N–H and O–H groups in total. The highest BCUT2D eigenvalue weighted by Gasteiger charge is 2.35. The Hall–Kier alpha value is -1.15. The summed E-state index contributed by atoms with van der Waals surface area (Å²) in [6.45, 7) is 3.20. The number of nitrogens with one attached hydrogen (secondary N) is 1. The van der Waals surface area contributed by atoms with E-state index in [0.29, 0.717) is 18.6 Å². The molecule has 0 heterocycles. The van der Waals surface area contributed by atoms with Crippen LogP contribution in [-0.4, -0.2) is 12.3 Å². The first kappa shape index (κ1) is 12.3. The minimum Gasteiger partial charge on any atom is -0.307 e. The van der Waals surface area contributed by atoms with Crippen molar-refractivity contribution in [1.29, 1.82) is 0 Å². The first-order valence-electron chi connectivity index (χ1n) is 6.59. The maximum atomic E-state index is 11.4. The Morgan fingerprint density at radius 2 is 1.82 bits per heavy atom. The highest BCUT2D eigenvalue weighted by molar-refractivity contribution is 5.79. The van der Waals surface area contributed by atoms with E-state index in [1.54, 1.807) is 0 Å². The van der Waals surface area contributed by atoms with Crippen LogP contribution in [0, 0.1) is 0 Å². The lowest BCUT2D eigenvalue weighted by Crippen LogP contribution is -2.45. The summed E-state index contributed by atoms with van der Waals surface area (Å²) < 4.78 is 0. The Labute approximate surface area is 103 Å². The van der Waals surface area contributed by atoms with Crippen LogP contribution in [0.5, 0.6) is 0 Å². The summed E-state index contributed by atoms with van der Waals surface area (Å²) in [7, 11) is 0. The molecule has 0 radical (unpaired) electrons. The van der Waals surface area contributed by atoms with Gasteiger partial charge in [0.1, 0.15) is 5.78 Å². The molecule has 0 aliphatic heterocycles. The molecule has 0 unspecified atom stereocenters. The van der Waals surface area contributed by atoms with E-state index in [4.69, 9.17) is 0 Å². The summed E-state index contributed by atoms with van der Waals surface area (Å²) in [5.74, 6) is 0.412. The lowest BCUT2D eigenvalue weighted by atomic mass is 9.76. The van der Waals surface area contributed by atoms with Crippen LogP contribution < -0.4 is 5.32 Å². The van der Waals surface area contributed by atoms with E-state index in [2.05, 4.69) is 36.5 Å². The van der Waals surface area contributed by atoms with Crippen molar-refractivity contribution in [1.82, 2.24) is 5.32 Å². The summed E-state index contributed by atoms with van der Waals surface area (Å²) >= 11 is 0. The fourth-order valence-electron chi connectivity index (χ4n) is 2.64. The SMILES string of the molecule is CCCNC1(c2ccccc2)CCC(=O)CC1. The topological polar surface area (TPSA) is 29.1 Å². The maximum absolute atomic E-state index is 11.4. The summed E-state index contributed by atoms with van der Waals surface area (Å²) in [6, 6.07) is 10.6. The van der Waals surface area contributed by atoms with Gasteiger partial charge in [-0.15, -0.1) is 0 Å². The molecule has 0 saturated heterocycles. The number of ketones is 1. The van der Waals surface area contributed by atoms with Gasteiger partial charge in [-0.25, -0.2) is 0 Å². The zero-order chi connectivity index (χ0) is 12.1. The van der Waals surface area contributed by atoms with Gasteiger partial charge in [-0.1, -0.05) is 37.3 Å². The molecule has 1 aromatic rings. The number of carbonyl (C=O) groups excluding carboxylic acids is 1. The molecule has 2 rings (SSSR count). The third-order valence-electron chi connectivity index (χ3n) is 3.70. The average molecular weight is 231 g/mol. The third-order valence-corrected chi connectivity index (χ3v) is 3.70. The third kappa shape index (κ3) is 2.75. The molecular formula is C15H21NO. The largest absolute Gasteiger partial charge is 0.307 e. The highest BCUT2D eigenvalue weighted by Crippen LogP contribution is 2.35. The molecule has 0 amide bonds. The number of benzene rings is 1. The number of carbonyl (C=O) groups is 1. The minimum atomic E-state index is 0.0329. The molecule has 0 atom stereocenters. The van der Waals surface area contributed by atoms with Crippen LogP contribution in [0.4, 0.5) is 0 Å². The molecule has 0 bridgehead atoms. The van der Waals surface area contributed by atoms with Crippen molar-refractivity contribution >= 4 is 5.78 Å². The van der Waals surface area contributed by atoms with E-state index in [-0.39, 0.29) is 5.54 Å². The number of hydrogen-bond acceptors (Lipinski definition) is 2. The Kier molecular flexibility index (Phi) is 3.95. The van der Waals surface area contributed by atoms with Gasteiger partial charge in [0.15, 0.2) is 0 Å². The summed E-state index contributed by atoms with van der Waals surface area (Å²) in [5, 5.41) is 3.67. The van der Waals surface area contributed by atoms with Crippen molar-refractivity contribution in [3.63, 3.8) is 0 Å². The number of hydrogen-bond donors (Lipinski definition) is 1. The van der Waals surface area contributed by atoms with Gasteiger partial charge in [-0.3, -0.25) is 4.79 Å². The van der Waals surface area contributed by atoms with Gasteiger partial charge >= 0.3 is 0 Å². The highest BCUT2D eigenvalue weighted by atomic mass is 16.1. The van der Waals surface area contributed by atoms with Crippen LogP contribution in [0.1, 0.15) is 44.6 Å². The minimum absolute atomic E-state index is 0.0329. The number of rotatable bonds is 4. The van der Waals surface area contributed by atoms with Gasteiger partial charge < -0.3 is 5.32 Å². The van der Waals surface area contributed by atoms with Crippen LogP contribution >= 0.6 is 0 Å². The monoisotopic (exact) mass is 231 g/mol. The van der Waals surface area contributed by atoms with Crippen LogP contribution in [-0.2, 0) is 10.3 Å². The molecular weight excluding hydrogens is 210 g/mol. The van der Waals surface area contributed by atoms with Crippen molar-refractivity contribution in [3.05, 3.63) is 35.9 Å². The van der Waals surface area contributed by atoms with Gasteiger partial charge in [0.25, 0.3) is 0 Å². The molecule has 0 spiro atoms. The van der Waals surface area contributed by atoms with Gasteiger partial charge in [0, 0.05) is 18.4 Å². The average Bonchev–Trinajstić information content (AvgIpc) is 2.40. The molecule has 17 heavy (non-hydrogen) atoms. The Balaban J connectivity index is 2.21. The van der Waals surface area contributed by atoms with Gasteiger partial charge in [0.05, 0.1) is 0 Å². The molecule has 0 aromatic heterocycles. The van der Waals surface area contributed by atoms with Crippen LogP contribution in [0.2, 0.25) is 0 Å².